The Bertz CT molecular complexity index is 1660. The number of hydrogen-bond donors (Lipinski definition) is 0. The normalized spacial score (nSPS) is 21.1. The second-order valence-electron chi connectivity index (χ2n) is 9.98. The van der Waals surface area contributed by atoms with Gasteiger partial charge < -0.3 is 14.0 Å². The van der Waals surface area contributed by atoms with Crippen LogP contribution in [0.2, 0.25) is 0 Å². The molecule has 3 aromatic carbocycles. The van der Waals surface area contributed by atoms with Crippen LogP contribution in [0.25, 0.3) is 0 Å². The van der Waals surface area contributed by atoms with Gasteiger partial charge in [0.05, 0.1) is 32.0 Å². The molecular weight excluding hydrogens is 937 g/mol. The fourth-order valence-corrected chi connectivity index (χ4v) is 10.0. The molecule has 15 heteroatoms. The standard InChI is InChI=1S/C28H19F4I3O7S/c29-27(30,28(31,32)43(38,39)40)9-10-41-25(36)22-20-14-5-1-3-7-16(14)21(17-8-4-2-6-15(17)20)23(22)26(37)42-24-18(34)11-13(33)12-19(24)35/h1-8,11-12,20-23H,9-10H2,(H,38,39,40)/p-1. The van der Waals surface area contributed by atoms with Crippen LogP contribution >= 0.6 is 67.8 Å². The van der Waals surface area contributed by atoms with Crippen molar-refractivity contribution in [2.45, 2.75) is 29.4 Å². The van der Waals surface area contributed by atoms with Gasteiger partial charge in [0.1, 0.15) is 0 Å². The van der Waals surface area contributed by atoms with Gasteiger partial charge in [-0.2, -0.15) is 17.6 Å². The summed E-state index contributed by atoms with van der Waals surface area (Å²) in [5.41, 5.74) is 2.97. The molecule has 6 rings (SSSR count). The average Bonchev–Trinajstić information content (AvgIpc) is 2.93. The number of fused-ring (bicyclic) bond motifs is 1. The van der Waals surface area contributed by atoms with Crippen molar-refractivity contribution in [1.82, 2.24) is 0 Å². The largest absolute Gasteiger partial charge is 0.743 e. The van der Waals surface area contributed by atoms with Crippen LogP contribution < -0.4 is 4.74 Å². The van der Waals surface area contributed by atoms with Crippen molar-refractivity contribution in [2.75, 3.05) is 6.61 Å². The molecule has 3 aliphatic carbocycles. The predicted octanol–water partition coefficient (Wildman–Crippen LogP) is 6.64. The second kappa shape index (κ2) is 12.0. The lowest BCUT2D eigenvalue weighted by atomic mass is 9.54. The zero-order valence-electron chi connectivity index (χ0n) is 21.4. The lowest BCUT2D eigenvalue weighted by Gasteiger charge is -2.48. The third-order valence-corrected chi connectivity index (χ3v) is 10.7. The number of alkyl halides is 4. The van der Waals surface area contributed by atoms with E-state index in [2.05, 4.69) is 22.6 Å². The van der Waals surface area contributed by atoms with Crippen LogP contribution in [-0.4, -0.2) is 42.7 Å². The molecule has 7 nitrogen and oxygen atoms in total. The van der Waals surface area contributed by atoms with E-state index in [9.17, 15) is 40.1 Å². The molecule has 2 atom stereocenters. The number of hydrogen-bond acceptors (Lipinski definition) is 7. The smallest absolute Gasteiger partial charge is 0.396 e. The number of esters is 2. The van der Waals surface area contributed by atoms with Gasteiger partial charge in [-0.25, -0.2) is 8.42 Å². The highest BCUT2D eigenvalue weighted by Crippen LogP contribution is 2.59. The zero-order chi connectivity index (χ0) is 31.5. The summed E-state index contributed by atoms with van der Waals surface area (Å²) in [7, 11) is -6.70. The molecular formula is C28H18F4I3O7S-. The first-order valence-electron chi connectivity index (χ1n) is 12.5. The summed E-state index contributed by atoms with van der Waals surface area (Å²) >= 11 is 6.16. The first-order valence-corrected chi connectivity index (χ1v) is 17.1. The molecule has 3 aromatic rings. The number of carbonyl (C=O) groups excluding carboxylic acids is 2. The quantitative estimate of drug-likeness (QED) is 0.0820. The molecule has 3 aliphatic rings. The minimum atomic E-state index is -6.70. The summed E-state index contributed by atoms with van der Waals surface area (Å²) in [5.74, 6) is -10.9. The molecule has 0 saturated heterocycles. The third-order valence-electron chi connectivity index (χ3n) is 7.55. The van der Waals surface area contributed by atoms with E-state index >= 15 is 0 Å². The first-order chi connectivity index (χ1) is 20.1. The van der Waals surface area contributed by atoms with Gasteiger partial charge in [0.25, 0.3) is 0 Å². The molecule has 2 unspecified atom stereocenters. The predicted molar refractivity (Wildman–Crippen MR) is 169 cm³/mol. The lowest BCUT2D eigenvalue weighted by Crippen LogP contribution is -2.49. The molecule has 0 radical (unpaired) electrons. The highest BCUT2D eigenvalue weighted by atomic mass is 127. The van der Waals surface area contributed by atoms with E-state index in [4.69, 9.17) is 9.47 Å². The first kappa shape index (κ1) is 32.8. The Morgan fingerprint density at radius 2 is 1.21 bits per heavy atom. The van der Waals surface area contributed by atoms with E-state index in [1.54, 1.807) is 48.5 Å². The number of carbonyl (C=O) groups is 2. The topological polar surface area (TPSA) is 110 Å². The van der Waals surface area contributed by atoms with Crippen molar-refractivity contribution in [3.63, 3.8) is 0 Å². The van der Waals surface area contributed by atoms with Crippen LogP contribution in [0.15, 0.2) is 60.7 Å². The molecule has 0 heterocycles. The van der Waals surface area contributed by atoms with Gasteiger partial charge in [-0.05, 0) is 102 Å². The summed E-state index contributed by atoms with van der Waals surface area (Å²) in [6.45, 7) is -1.33. The van der Waals surface area contributed by atoms with Crippen molar-refractivity contribution in [3.05, 3.63) is 93.6 Å². The van der Waals surface area contributed by atoms with Gasteiger partial charge in [0.15, 0.2) is 15.9 Å². The number of ether oxygens (including phenoxy) is 2. The Morgan fingerprint density at radius 1 is 0.791 bits per heavy atom. The summed E-state index contributed by atoms with van der Waals surface area (Å²) < 4.78 is 101. The zero-order valence-corrected chi connectivity index (χ0v) is 28.7. The minimum Gasteiger partial charge on any atom is -0.743 e. The Morgan fingerprint density at radius 3 is 1.63 bits per heavy atom. The molecule has 0 amide bonds. The van der Waals surface area contributed by atoms with E-state index < -0.39 is 69.9 Å². The van der Waals surface area contributed by atoms with Gasteiger partial charge in [-0.15, -0.1) is 0 Å². The van der Waals surface area contributed by atoms with Crippen LogP contribution in [0, 0.1) is 22.5 Å². The molecule has 0 aliphatic heterocycles. The van der Waals surface area contributed by atoms with E-state index in [1.165, 1.54) is 0 Å². The fourth-order valence-electron chi connectivity index (χ4n) is 5.74. The maximum atomic E-state index is 14.1. The van der Waals surface area contributed by atoms with Crippen LogP contribution in [0.4, 0.5) is 17.6 Å². The van der Waals surface area contributed by atoms with Gasteiger partial charge in [0, 0.05) is 15.4 Å². The fraction of sp³-hybridized carbons (Fsp3) is 0.286. The van der Waals surface area contributed by atoms with Crippen LogP contribution in [0.3, 0.4) is 0 Å². The summed E-state index contributed by atoms with van der Waals surface area (Å²) in [4.78, 5) is 27.6. The molecule has 2 bridgehead atoms. The van der Waals surface area contributed by atoms with Gasteiger partial charge >= 0.3 is 23.1 Å². The Labute approximate surface area is 284 Å². The molecule has 228 valence electrons. The minimum absolute atomic E-state index is 0.280. The Hall–Kier alpha value is -1.58. The molecule has 0 aromatic heterocycles. The Balaban J connectivity index is 1.52. The maximum absolute atomic E-state index is 14.1. The summed E-state index contributed by atoms with van der Waals surface area (Å²) in [5, 5.41) is -5.91. The molecule has 0 N–H and O–H groups in total. The van der Waals surface area contributed by atoms with Crippen LogP contribution in [0.5, 0.6) is 5.75 Å². The molecule has 0 spiro atoms. The van der Waals surface area contributed by atoms with Gasteiger partial charge in [0.2, 0.25) is 0 Å². The third kappa shape index (κ3) is 5.80. The van der Waals surface area contributed by atoms with Crippen molar-refractivity contribution < 1.29 is 49.6 Å². The van der Waals surface area contributed by atoms with E-state index in [0.29, 0.717) is 18.3 Å². The number of halogens is 7. The summed E-state index contributed by atoms with van der Waals surface area (Å²) in [6, 6.07) is 17.9. The SMILES string of the molecule is O=C(OCCC(F)(F)C(F)(F)S(=O)(=O)[O-])C1C2c3ccccc3C(c3ccccc32)C1C(=O)Oc1c(I)cc(I)cc1I. The van der Waals surface area contributed by atoms with Crippen molar-refractivity contribution >= 4 is 89.8 Å². The van der Waals surface area contributed by atoms with Gasteiger partial charge in [-0.3, -0.25) is 9.59 Å². The molecule has 0 saturated carbocycles. The van der Waals surface area contributed by atoms with E-state index in [0.717, 1.165) is 14.7 Å². The van der Waals surface area contributed by atoms with Crippen molar-refractivity contribution in [3.8, 4) is 5.75 Å². The van der Waals surface area contributed by atoms with E-state index in [-0.39, 0.29) is 5.75 Å². The van der Waals surface area contributed by atoms with E-state index in [1.807, 2.05) is 57.3 Å². The van der Waals surface area contributed by atoms with Crippen molar-refractivity contribution in [2.24, 2.45) is 11.8 Å². The number of rotatable bonds is 8. The average molecular weight is 955 g/mol. The molecule has 0 fully saturated rings. The van der Waals surface area contributed by atoms with Gasteiger partial charge in [-0.1, -0.05) is 48.5 Å². The highest BCUT2D eigenvalue weighted by molar-refractivity contribution is 14.1. The van der Waals surface area contributed by atoms with Crippen molar-refractivity contribution in [1.29, 1.82) is 0 Å². The summed E-state index contributed by atoms with van der Waals surface area (Å²) in [6.07, 6.45) is -1.94. The maximum Gasteiger partial charge on any atom is 0.396 e. The van der Waals surface area contributed by atoms with Crippen LogP contribution in [0.1, 0.15) is 40.5 Å². The second-order valence-corrected chi connectivity index (χ2v) is 15.0. The van der Waals surface area contributed by atoms with Crippen LogP contribution in [-0.2, 0) is 24.4 Å². The molecule has 43 heavy (non-hydrogen) atoms. The highest BCUT2D eigenvalue weighted by Gasteiger charge is 2.62. The lowest BCUT2D eigenvalue weighted by molar-refractivity contribution is -0.178. The Kier molecular flexibility index (Phi) is 9.14. The number of benzene rings is 3. The monoisotopic (exact) mass is 955 g/mol.